The number of hydrogen-bond acceptors (Lipinski definition) is 16. The summed E-state index contributed by atoms with van der Waals surface area (Å²) < 4.78 is 62.6. The SMILES string of the molecule is FB(OP(On1nnc2cccnc21)(N1CCCC1)(N1CCCC1)N1CCCC1)OP(On1nnc2cccnc21)(N1CCCC1)(N1CCCC1)N1CCCC1. The van der Waals surface area contributed by atoms with Gasteiger partial charge in [0.2, 0.25) is 0 Å². The van der Waals surface area contributed by atoms with Crippen molar-refractivity contribution in [2.24, 2.45) is 0 Å². The molecule has 6 saturated heterocycles. The number of nitrogens with zero attached hydrogens (tertiary/aromatic N) is 14. The first-order chi connectivity index (χ1) is 27.5. The fourth-order valence-electron chi connectivity index (χ4n) is 10.3. The molecule has 4 aromatic heterocycles. The Kier molecular flexibility index (Phi) is 9.91. The van der Waals surface area contributed by atoms with Gasteiger partial charge in [-0.15, -0.1) is 0 Å². The summed E-state index contributed by atoms with van der Waals surface area (Å²) >= 11 is 0. The standard InChI is InChI=1S/C34H54BFN14O4P2/c36-35(51-55(43-19-1-2-20-43,44-21-3-4-22-44,45-23-5-6-24-45)53-49-33-31(39-41-49)15-13-17-37-33)52-56(46-25-7-8-26-46,47-27-9-10-28-47,48-29-11-12-30-48)54-50-34-32(40-42-50)16-14-18-38-34/h13-18H,1-12,19-30H2. The van der Waals surface area contributed by atoms with Gasteiger partial charge in [0.15, 0.2) is 0 Å². The van der Waals surface area contributed by atoms with Crippen molar-refractivity contribution in [3.05, 3.63) is 36.7 Å². The van der Waals surface area contributed by atoms with Gasteiger partial charge < -0.3 is 0 Å². The van der Waals surface area contributed by atoms with E-state index < -0.39 is 22.4 Å². The third kappa shape index (κ3) is 5.65. The molecule has 10 heterocycles. The molecule has 0 atom stereocenters. The molecule has 6 aliphatic rings. The Morgan fingerprint density at radius 1 is 0.464 bits per heavy atom. The summed E-state index contributed by atoms with van der Waals surface area (Å²) in [5, 5.41) is 17.9. The first-order valence-electron chi connectivity index (χ1n) is 20.8. The van der Waals surface area contributed by atoms with Crippen LogP contribution in [-0.2, 0) is 8.88 Å². The molecule has 304 valence electrons. The molecule has 0 radical (unpaired) electrons. The van der Waals surface area contributed by atoms with Crippen molar-refractivity contribution < 1.29 is 22.4 Å². The van der Waals surface area contributed by atoms with Crippen LogP contribution in [0.15, 0.2) is 36.7 Å². The molecule has 0 saturated carbocycles. The number of halogens is 1. The summed E-state index contributed by atoms with van der Waals surface area (Å²) in [5.74, 6) is 0. The molecule has 4 aromatic rings. The molecular weight excluding hydrogens is 760 g/mol. The topological polar surface area (TPSA) is 144 Å². The average Bonchev–Trinajstić information content (AvgIpc) is 4.06. The monoisotopic (exact) mass is 814 g/mol. The van der Waals surface area contributed by atoms with Crippen LogP contribution in [0.5, 0.6) is 0 Å². The molecule has 56 heavy (non-hydrogen) atoms. The second-order valence-corrected chi connectivity index (χ2v) is 23.4. The van der Waals surface area contributed by atoms with Gasteiger partial charge in [-0.3, -0.25) is 0 Å². The zero-order valence-corrected chi connectivity index (χ0v) is 34.0. The second-order valence-electron chi connectivity index (χ2n) is 15.9. The van der Waals surface area contributed by atoms with Crippen molar-refractivity contribution in [1.82, 2.24) is 68.3 Å². The Labute approximate surface area is 327 Å². The van der Waals surface area contributed by atoms with E-state index in [9.17, 15) is 0 Å². The summed E-state index contributed by atoms with van der Waals surface area (Å²) in [6.07, 6.45) is 14.6. The molecule has 0 N–H and O–H groups in total. The molecule has 22 heteroatoms. The van der Waals surface area contributed by atoms with Gasteiger partial charge in [-0.05, 0) is 0 Å². The van der Waals surface area contributed by atoms with Gasteiger partial charge in [-0.2, -0.15) is 0 Å². The van der Waals surface area contributed by atoms with Crippen LogP contribution in [0.1, 0.15) is 77.0 Å². The second kappa shape index (κ2) is 14.8. The predicted octanol–water partition coefficient (Wildman–Crippen LogP) is 4.34. The van der Waals surface area contributed by atoms with Crippen molar-refractivity contribution in [1.29, 1.82) is 0 Å². The van der Waals surface area contributed by atoms with Gasteiger partial charge in [-0.1, -0.05) is 0 Å². The van der Waals surface area contributed by atoms with Crippen molar-refractivity contribution in [3.63, 3.8) is 0 Å². The van der Waals surface area contributed by atoms with E-state index >= 15 is 4.32 Å². The first-order valence-corrected chi connectivity index (χ1v) is 24.7. The Morgan fingerprint density at radius 2 is 0.750 bits per heavy atom. The molecule has 18 nitrogen and oxygen atoms in total. The fraction of sp³-hybridized carbons (Fsp3) is 0.706. The van der Waals surface area contributed by atoms with Gasteiger partial charge in [0.05, 0.1) is 0 Å². The van der Waals surface area contributed by atoms with E-state index in [4.69, 9.17) is 18.1 Å². The van der Waals surface area contributed by atoms with Gasteiger partial charge in [0.25, 0.3) is 0 Å². The maximum atomic E-state index is 18.9. The number of aromatic nitrogens is 8. The van der Waals surface area contributed by atoms with Crippen LogP contribution >= 0.6 is 15.0 Å². The van der Waals surface area contributed by atoms with Crippen molar-refractivity contribution in [2.75, 3.05) is 78.5 Å². The first kappa shape index (κ1) is 37.5. The van der Waals surface area contributed by atoms with E-state index in [2.05, 4.69) is 58.6 Å². The van der Waals surface area contributed by atoms with Crippen LogP contribution in [0, 0.1) is 0 Å². The average molecular weight is 815 g/mol. The molecule has 0 spiro atoms. The van der Waals surface area contributed by atoms with Gasteiger partial charge in [0, 0.05) is 0 Å². The van der Waals surface area contributed by atoms with Crippen LogP contribution in [0.2, 0.25) is 0 Å². The Bertz CT molecular complexity index is 1770. The van der Waals surface area contributed by atoms with Gasteiger partial charge >= 0.3 is 328 Å². The molecule has 6 fully saturated rings. The molecule has 6 aliphatic heterocycles. The third-order valence-electron chi connectivity index (χ3n) is 12.7. The molecule has 0 bridgehead atoms. The van der Waals surface area contributed by atoms with Crippen LogP contribution in [0.25, 0.3) is 22.3 Å². The van der Waals surface area contributed by atoms with Crippen molar-refractivity contribution >= 4 is 44.7 Å². The van der Waals surface area contributed by atoms with Crippen molar-refractivity contribution in [3.8, 4) is 0 Å². The summed E-state index contributed by atoms with van der Waals surface area (Å²) in [6, 6.07) is 7.38. The summed E-state index contributed by atoms with van der Waals surface area (Å²) in [6.45, 7) is 8.15. The summed E-state index contributed by atoms with van der Waals surface area (Å²) in [5.41, 5.74) is 2.09. The van der Waals surface area contributed by atoms with E-state index in [1.807, 2.05) is 24.3 Å². The Morgan fingerprint density at radius 3 is 1.04 bits per heavy atom. The van der Waals surface area contributed by atoms with Gasteiger partial charge in [-0.25, -0.2) is 0 Å². The summed E-state index contributed by atoms with van der Waals surface area (Å²) in [4.78, 5) is 12.1. The number of fused-ring (bicyclic) bond motifs is 2. The van der Waals surface area contributed by atoms with E-state index in [-0.39, 0.29) is 0 Å². The van der Waals surface area contributed by atoms with Gasteiger partial charge in [0.1, 0.15) is 0 Å². The Hall–Kier alpha value is -2.77. The maximum absolute atomic E-state index is 18.9. The van der Waals surface area contributed by atoms with Crippen LogP contribution in [0.3, 0.4) is 0 Å². The molecule has 10 rings (SSSR count). The number of rotatable bonds is 14. The third-order valence-corrected chi connectivity index (χ3v) is 22.9. The molecule has 0 aliphatic carbocycles. The fourth-order valence-corrected chi connectivity index (χ4v) is 21.2. The normalized spacial score (nSPS) is 24.4. The molecule has 0 aromatic carbocycles. The van der Waals surface area contributed by atoms with E-state index in [0.29, 0.717) is 101 Å². The van der Waals surface area contributed by atoms with Crippen LogP contribution < -0.4 is 9.25 Å². The number of hydrogen-bond donors (Lipinski definition) is 0. The quantitative estimate of drug-likeness (QED) is 0.131. The van der Waals surface area contributed by atoms with E-state index in [1.54, 1.807) is 12.4 Å². The summed E-state index contributed by atoms with van der Waals surface area (Å²) in [7, 11) is -11.6. The minimum atomic E-state index is -4.67. The zero-order chi connectivity index (χ0) is 37.7. The predicted molar refractivity (Wildman–Crippen MR) is 212 cm³/mol. The van der Waals surface area contributed by atoms with Crippen molar-refractivity contribution in [2.45, 2.75) is 77.0 Å². The molecular formula is C34H54BFN14O4P2. The molecule has 0 amide bonds. The minimum absolute atomic E-state index is 0.457. The van der Waals surface area contributed by atoms with Crippen LogP contribution in [0.4, 0.5) is 4.32 Å². The zero-order valence-electron chi connectivity index (χ0n) is 32.2. The Balaban J connectivity index is 1.17. The number of pyridine rings is 2. The van der Waals surface area contributed by atoms with E-state index in [0.717, 1.165) is 77.0 Å². The molecule has 0 unspecified atom stereocenters. The van der Waals surface area contributed by atoms with Crippen LogP contribution in [-0.4, -0.2) is 154 Å². The van der Waals surface area contributed by atoms with E-state index in [1.165, 1.54) is 9.69 Å².